The molecule has 0 aromatic carbocycles. The van der Waals surface area contributed by atoms with E-state index in [0.717, 1.165) is 0 Å². The first-order chi connectivity index (χ1) is 9.09. The SMILES string of the molecule is N#CC1(C(=O)N2CCCC(C(=O)O)C2)CCOCC1. The Kier molecular flexibility index (Phi) is 4.05. The minimum absolute atomic E-state index is 0.218. The van der Waals surface area contributed by atoms with Crippen molar-refractivity contribution in [1.82, 2.24) is 4.90 Å². The zero-order chi connectivity index (χ0) is 13.9. The van der Waals surface area contributed by atoms with Crippen LogP contribution in [-0.4, -0.2) is 48.2 Å². The van der Waals surface area contributed by atoms with Crippen LogP contribution in [0.1, 0.15) is 25.7 Å². The van der Waals surface area contributed by atoms with Crippen LogP contribution >= 0.6 is 0 Å². The number of carboxylic acids is 1. The lowest BCUT2D eigenvalue weighted by molar-refractivity contribution is -0.150. The highest BCUT2D eigenvalue weighted by Gasteiger charge is 2.44. The first-order valence-corrected chi connectivity index (χ1v) is 6.60. The van der Waals surface area contributed by atoms with E-state index in [1.165, 1.54) is 0 Å². The second-order valence-corrected chi connectivity index (χ2v) is 5.23. The molecule has 1 unspecified atom stereocenters. The largest absolute Gasteiger partial charge is 0.481 e. The molecule has 2 aliphatic heterocycles. The van der Waals surface area contributed by atoms with Gasteiger partial charge in [0, 0.05) is 26.3 Å². The lowest BCUT2D eigenvalue weighted by atomic mass is 9.79. The summed E-state index contributed by atoms with van der Waals surface area (Å²) in [6.45, 7) is 1.59. The number of nitrogens with zero attached hydrogens (tertiary/aromatic N) is 2. The smallest absolute Gasteiger partial charge is 0.308 e. The van der Waals surface area contributed by atoms with Crippen LogP contribution < -0.4 is 0 Å². The molecule has 6 nitrogen and oxygen atoms in total. The standard InChI is InChI=1S/C13H18N2O4/c14-9-13(3-6-19-7-4-13)12(18)15-5-1-2-10(8-15)11(16)17/h10H,1-8H2,(H,16,17). The number of hydrogen-bond donors (Lipinski definition) is 1. The van der Waals surface area contributed by atoms with Crippen LogP contribution in [0.5, 0.6) is 0 Å². The molecule has 19 heavy (non-hydrogen) atoms. The molecule has 0 bridgehead atoms. The summed E-state index contributed by atoms with van der Waals surface area (Å²) in [6.07, 6.45) is 2.08. The van der Waals surface area contributed by atoms with Gasteiger partial charge in [0.2, 0.25) is 5.91 Å². The van der Waals surface area contributed by atoms with Crippen LogP contribution in [0, 0.1) is 22.7 Å². The highest BCUT2D eigenvalue weighted by Crippen LogP contribution is 2.33. The zero-order valence-electron chi connectivity index (χ0n) is 10.8. The molecule has 1 amide bonds. The monoisotopic (exact) mass is 266 g/mol. The molecule has 0 spiro atoms. The second-order valence-electron chi connectivity index (χ2n) is 5.23. The number of nitriles is 1. The fourth-order valence-electron chi connectivity index (χ4n) is 2.76. The van der Waals surface area contributed by atoms with Crippen molar-refractivity contribution in [1.29, 1.82) is 5.26 Å². The molecule has 1 N–H and O–H groups in total. The van der Waals surface area contributed by atoms with Gasteiger partial charge in [-0.2, -0.15) is 5.26 Å². The van der Waals surface area contributed by atoms with Gasteiger partial charge in [-0.25, -0.2) is 0 Å². The number of piperidine rings is 1. The number of hydrogen-bond acceptors (Lipinski definition) is 4. The molecule has 104 valence electrons. The van der Waals surface area contributed by atoms with Crippen LogP contribution in [0.4, 0.5) is 0 Å². The Morgan fingerprint density at radius 3 is 2.63 bits per heavy atom. The molecule has 0 aromatic rings. The summed E-state index contributed by atoms with van der Waals surface area (Å²) < 4.78 is 5.21. The lowest BCUT2D eigenvalue weighted by Crippen LogP contribution is -2.50. The van der Waals surface area contributed by atoms with E-state index in [4.69, 9.17) is 9.84 Å². The van der Waals surface area contributed by atoms with E-state index in [2.05, 4.69) is 6.07 Å². The number of aliphatic carboxylic acids is 1. The Bertz CT molecular complexity index is 409. The average Bonchev–Trinajstić information content (AvgIpc) is 2.47. The number of carbonyl (C=O) groups excluding carboxylic acids is 1. The Hall–Kier alpha value is -1.61. The predicted molar refractivity (Wildman–Crippen MR) is 65.0 cm³/mol. The quantitative estimate of drug-likeness (QED) is 0.791. The van der Waals surface area contributed by atoms with Gasteiger partial charge < -0.3 is 14.7 Å². The molecule has 1 atom stereocenters. The molecule has 2 heterocycles. The van der Waals surface area contributed by atoms with E-state index < -0.39 is 17.3 Å². The number of carbonyl (C=O) groups is 2. The van der Waals surface area contributed by atoms with Crippen LogP contribution in [0.2, 0.25) is 0 Å². The second kappa shape index (κ2) is 5.57. The molecule has 0 aromatic heterocycles. The highest BCUT2D eigenvalue weighted by atomic mass is 16.5. The van der Waals surface area contributed by atoms with E-state index in [9.17, 15) is 14.9 Å². The number of carboxylic acid groups (broad SMARTS) is 1. The zero-order valence-corrected chi connectivity index (χ0v) is 10.8. The van der Waals surface area contributed by atoms with E-state index in [1.54, 1.807) is 4.90 Å². The van der Waals surface area contributed by atoms with Crippen LogP contribution in [-0.2, 0) is 14.3 Å². The fraction of sp³-hybridized carbons (Fsp3) is 0.769. The van der Waals surface area contributed by atoms with Crippen molar-refractivity contribution in [2.24, 2.45) is 11.3 Å². The molecular formula is C13H18N2O4. The normalized spacial score (nSPS) is 26.5. The maximum Gasteiger partial charge on any atom is 0.308 e. The topological polar surface area (TPSA) is 90.6 Å². The average molecular weight is 266 g/mol. The molecule has 2 fully saturated rings. The predicted octanol–water partition coefficient (Wildman–Crippen LogP) is 0.630. The third kappa shape index (κ3) is 2.71. The number of likely N-dealkylation sites (tertiary alicyclic amines) is 1. The van der Waals surface area contributed by atoms with Crippen molar-refractivity contribution >= 4 is 11.9 Å². The van der Waals surface area contributed by atoms with Crippen LogP contribution in [0.15, 0.2) is 0 Å². The van der Waals surface area contributed by atoms with Gasteiger partial charge >= 0.3 is 5.97 Å². The van der Waals surface area contributed by atoms with E-state index in [-0.39, 0.29) is 12.5 Å². The third-order valence-corrected chi connectivity index (χ3v) is 4.03. The molecule has 2 rings (SSSR count). The van der Waals surface area contributed by atoms with Gasteiger partial charge in [0.15, 0.2) is 0 Å². The minimum atomic E-state index is -1.02. The first-order valence-electron chi connectivity index (χ1n) is 6.60. The van der Waals surface area contributed by atoms with Gasteiger partial charge in [0.05, 0.1) is 12.0 Å². The summed E-state index contributed by atoms with van der Waals surface area (Å²) in [6, 6.07) is 2.14. The van der Waals surface area contributed by atoms with Gasteiger partial charge in [-0.15, -0.1) is 0 Å². The molecule has 6 heteroatoms. The van der Waals surface area contributed by atoms with E-state index in [1.807, 2.05) is 0 Å². The summed E-state index contributed by atoms with van der Waals surface area (Å²) in [5.41, 5.74) is -1.02. The maximum atomic E-state index is 12.5. The van der Waals surface area contributed by atoms with Crippen molar-refractivity contribution in [3.63, 3.8) is 0 Å². The van der Waals surface area contributed by atoms with Crippen molar-refractivity contribution < 1.29 is 19.4 Å². The van der Waals surface area contributed by atoms with E-state index >= 15 is 0 Å². The number of rotatable bonds is 2. The van der Waals surface area contributed by atoms with Gasteiger partial charge in [-0.1, -0.05) is 0 Å². The van der Waals surface area contributed by atoms with Crippen molar-refractivity contribution in [2.75, 3.05) is 26.3 Å². The van der Waals surface area contributed by atoms with Crippen LogP contribution in [0.3, 0.4) is 0 Å². The molecule has 2 saturated heterocycles. The fourth-order valence-corrected chi connectivity index (χ4v) is 2.76. The summed E-state index contributed by atoms with van der Waals surface area (Å²) in [4.78, 5) is 25.1. The maximum absolute atomic E-state index is 12.5. The van der Waals surface area contributed by atoms with Crippen LogP contribution in [0.25, 0.3) is 0 Å². The first kappa shape index (κ1) is 13.8. The van der Waals surface area contributed by atoms with Crippen molar-refractivity contribution in [2.45, 2.75) is 25.7 Å². The molecule has 0 saturated carbocycles. The molecule has 2 aliphatic rings. The third-order valence-electron chi connectivity index (χ3n) is 4.03. The Labute approximate surface area is 111 Å². The van der Waals surface area contributed by atoms with Gasteiger partial charge in [-0.3, -0.25) is 9.59 Å². The summed E-state index contributed by atoms with van der Waals surface area (Å²) in [5.74, 6) is -1.59. The van der Waals surface area contributed by atoms with Gasteiger partial charge in [-0.05, 0) is 25.7 Å². The molecular weight excluding hydrogens is 248 g/mol. The summed E-state index contributed by atoms with van der Waals surface area (Å²) in [7, 11) is 0. The Morgan fingerprint density at radius 2 is 2.05 bits per heavy atom. The Balaban J connectivity index is 2.09. The van der Waals surface area contributed by atoms with Crippen molar-refractivity contribution in [3.8, 4) is 6.07 Å². The lowest BCUT2D eigenvalue weighted by Gasteiger charge is -2.38. The summed E-state index contributed by atoms with van der Waals surface area (Å²) >= 11 is 0. The van der Waals surface area contributed by atoms with Crippen molar-refractivity contribution in [3.05, 3.63) is 0 Å². The number of amides is 1. The highest BCUT2D eigenvalue weighted by molar-refractivity contribution is 5.86. The van der Waals surface area contributed by atoms with E-state index in [0.29, 0.717) is 45.4 Å². The Morgan fingerprint density at radius 1 is 1.37 bits per heavy atom. The van der Waals surface area contributed by atoms with Gasteiger partial charge in [0.25, 0.3) is 0 Å². The summed E-state index contributed by atoms with van der Waals surface area (Å²) in [5, 5.41) is 18.4. The number of ether oxygens (including phenoxy) is 1. The minimum Gasteiger partial charge on any atom is -0.481 e. The molecule has 0 aliphatic carbocycles. The van der Waals surface area contributed by atoms with Gasteiger partial charge in [0.1, 0.15) is 5.41 Å². The molecule has 0 radical (unpaired) electrons.